The van der Waals surface area contributed by atoms with Crippen LogP contribution in [-0.4, -0.2) is 12.6 Å². The summed E-state index contributed by atoms with van der Waals surface area (Å²) in [5, 5.41) is 14.4. The minimum atomic E-state index is -0.332. The molecule has 0 saturated heterocycles. The molecule has 0 heterocycles. The minimum absolute atomic E-state index is 0.332. The molecule has 0 unspecified atom stereocenters. The second kappa shape index (κ2) is 7.00. The van der Waals surface area contributed by atoms with E-state index >= 15 is 0 Å². The molecule has 1 rings (SSSR count). The standard InChI is InChI=1S/C11H11Cl2N3O/c12-9-4-3-8(7-10(9)13)16-11(17)15-6-2-1-5-14/h3-4,7H,1-2,6H2,(H2,15,16,17). The maximum atomic E-state index is 11.4. The number of hydrogen-bond donors (Lipinski definition) is 2. The number of nitriles is 1. The van der Waals surface area contributed by atoms with Crippen LogP contribution >= 0.6 is 23.2 Å². The number of rotatable bonds is 4. The van der Waals surface area contributed by atoms with Gasteiger partial charge in [-0.15, -0.1) is 0 Å². The van der Waals surface area contributed by atoms with E-state index in [-0.39, 0.29) is 6.03 Å². The highest BCUT2D eigenvalue weighted by Gasteiger charge is 2.03. The molecule has 90 valence electrons. The third kappa shape index (κ3) is 4.94. The zero-order chi connectivity index (χ0) is 12.7. The van der Waals surface area contributed by atoms with Gasteiger partial charge in [0.1, 0.15) is 0 Å². The Morgan fingerprint density at radius 3 is 2.76 bits per heavy atom. The fraction of sp³-hybridized carbons (Fsp3) is 0.273. The van der Waals surface area contributed by atoms with E-state index in [9.17, 15) is 4.79 Å². The van der Waals surface area contributed by atoms with Crippen molar-refractivity contribution in [1.29, 1.82) is 5.26 Å². The van der Waals surface area contributed by atoms with E-state index < -0.39 is 0 Å². The van der Waals surface area contributed by atoms with E-state index in [1.807, 2.05) is 6.07 Å². The molecule has 2 amide bonds. The molecule has 0 aromatic heterocycles. The third-order valence-corrected chi connectivity index (χ3v) is 2.67. The van der Waals surface area contributed by atoms with Gasteiger partial charge in [0, 0.05) is 18.7 Å². The predicted molar refractivity (Wildman–Crippen MR) is 68.3 cm³/mol. The van der Waals surface area contributed by atoms with Gasteiger partial charge in [-0.3, -0.25) is 0 Å². The van der Waals surface area contributed by atoms with Crippen molar-refractivity contribution >= 4 is 34.9 Å². The fourth-order valence-electron chi connectivity index (χ4n) is 1.12. The number of carbonyl (C=O) groups excluding carboxylic acids is 1. The number of unbranched alkanes of at least 4 members (excludes halogenated alkanes) is 1. The van der Waals surface area contributed by atoms with Gasteiger partial charge in [-0.25, -0.2) is 4.79 Å². The lowest BCUT2D eigenvalue weighted by molar-refractivity contribution is 0.252. The summed E-state index contributed by atoms with van der Waals surface area (Å²) in [5.74, 6) is 0. The van der Waals surface area contributed by atoms with E-state index in [1.165, 1.54) is 0 Å². The highest BCUT2D eigenvalue weighted by atomic mass is 35.5. The molecule has 4 nitrogen and oxygen atoms in total. The van der Waals surface area contributed by atoms with Gasteiger partial charge in [0.2, 0.25) is 0 Å². The molecule has 0 bridgehead atoms. The number of nitrogens with one attached hydrogen (secondary N) is 2. The van der Waals surface area contributed by atoms with Crippen molar-refractivity contribution in [2.75, 3.05) is 11.9 Å². The average molecular weight is 272 g/mol. The highest BCUT2D eigenvalue weighted by Crippen LogP contribution is 2.24. The SMILES string of the molecule is N#CCCCNC(=O)Nc1ccc(Cl)c(Cl)c1. The Hall–Kier alpha value is -1.44. The lowest BCUT2D eigenvalue weighted by Crippen LogP contribution is -2.29. The third-order valence-electron chi connectivity index (χ3n) is 1.93. The van der Waals surface area contributed by atoms with Crippen molar-refractivity contribution in [2.24, 2.45) is 0 Å². The van der Waals surface area contributed by atoms with Crippen molar-refractivity contribution in [2.45, 2.75) is 12.8 Å². The minimum Gasteiger partial charge on any atom is -0.338 e. The normalized spacial score (nSPS) is 9.47. The number of urea groups is 1. The molecule has 0 aliphatic carbocycles. The van der Waals surface area contributed by atoms with Crippen LogP contribution in [0.2, 0.25) is 10.0 Å². The lowest BCUT2D eigenvalue weighted by atomic mass is 10.3. The van der Waals surface area contributed by atoms with Gasteiger partial charge in [-0.1, -0.05) is 23.2 Å². The molecule has 0 atom stereocenters. The first-order valence-electron chi connectivity index (χ1n) is 5.00. The van der Waals surface area contributed by atoms with Crippen molar-refractivity contribution < 1.29 is 4.79 Å². The zero-order valence-corrected chi connectivity index (χ0v) is 10.5. The van der Waals surface area contributed by atoms with E-state index in [2.05, 4.69) is 10.6 Å². The van der Waals surface area contributed by atoms with Crippen LogP contribution in [0.25, 0.3) is 0 Å². The van der Waals surface area contributed by atoms with E-state index in [0.717, 1.165) is 0 Å². The Bertz CT molecular complexity index is 443. The summed E-state index contributed by atoms with van der Waals surface area (Å²) in [7, 11) is 0. The predicted octanol–water partition coefficient (Wildman–Crippen LogP) is 3.42. The molecule has 0 saturated carbocycles. The molecule has 0 radical (unpaired) electrons. The molecule has 2 N–H and O–H groups in total. The second-order valence-electron chi connectivity index (χ2n) is 3.27. The average Bonchev–Trinajstić information content (AvgIpc) is 2.30. The summed E-state index contributed by atoms with van der Waals surface area (Å²) < 4.78 is 0. The number of benzene rings is 1. The summed E-state index contributed by atoms with van der Waals surface area (Å²) in [5.41, 5.74) is 0.567. The van der Waals surface area contributed by atoms with E-state index in [4.69, 9.17) is 28.5 Å². The molecule has 6 heteroatoms. The van der Waals surface area contributed by atoms with Crippen molar-refractivity contribution in [1.82, 2.24) is 5.32 Å². The molecule has 0 aliphatic rings. The van der Waals surface area contributed by atoms with E-state index in [0.29, 0.717) is 35.1 Å². The Kier molecular flexibility index (Phi) is 5.61. The summed E-state index contributed by atoms with van der Waals surface area (Å²) in [6.45, 7) is 0.459. The Balaban J connectivity index is 2.40. The smallest absolute Gasteiger partial charge is 0.319 e. The molecule has 0 aliphatic heterocycles. The zero-order valence-electron chi connectivity index (χ0n) is 8.96. The van der Waals surface area contributed by atoms with Crippen LogP contribution in [-0.2, 0) is 0 Å². The number of carbonyl (C=O) groups is 1. The first kappa shape index (κ1) is 13.6. The van der Waals surface area contributed by atoms with Crippen LogP contribution in [0.3, 0.4) is 0 Å². The topological polar surface area (TPSA) is 64.9 Å². The lowest BCUT2D eigenvalue weighted by Gasteiger charge is -2.07. The van der Waals surface area contributed by atoms with Crippen LogP contribution in [0.1, 0.15) is 12.8 Å². The van der Waals surface area contributed by atoms with Crippen LogP contribution in [0.5, 0.6) is 0 Å². The summed E-state index contributed by atoms with van der Waals surface area (Å²) in [6.07, 6.45) is 1.05. The fourth-order valence-corrected chi connectivity index (χ4v) is 1.42. The number of nitrogens with zero attached hydrogens (tertiary/aromatic N) is 1. The quantitative estimate of drug-likeness (QED) is 0.825. The van der Waals surface area contributed by atoms with Gasteiger partial charge in [-0.05, 0) is 24.6 Å². The Morgan fingerprint density at radius 1 is 1.35 bits per heavy atom. The molecule has 17 heavy (non-hydrogen) atoms. The largest absolute Gasteiger partial charge is 0.338 e. The van der Waals surface area contributed by atoms with Crippen molar-refractivity contribution in [3.8, 4) is 6.07 Å². The monoisotopic (exact) mass is 271 g/mol. The second-order valence-corrected chi connectivity index (χ2v) is 4.09. The summed E-state index contributed by atoms with van der Waals surface area (Å²) >= 11 is 11.5. The van der Waals surface area contributed by atoms with Gasteiger partial charge in [-0.2, -0.15) is 5.26 Å². The summed E-state index contributed by atoms with van der Waals surface area (Å²) in [6, 6.07) is 6.50. The molecule has 1 aromatic rings. The maximum Gasteiger partial charge on any atom is 0.319 e. The number of anilines is 1. The van der Waals surface area contributed by atoms with Crippen molar-refractivity contribution in [3.63, 3.8) is 0 Å². The number of amides is 2. The number of hydrogen-bond acceptors (Lipinski definition) is 2. The van der Waals surface area contributed by atoms with Gasteiger partial charge in [0.15, 0.2) is 0 Å². The first-order valence-corrected chi connectivity index (χ1v) is 5.76. The Labute approximate surface area is 110 Å². The Morgan fingerprint density at radius 2 is 2.12 bits per heavy atom. The molecular formula is C11H11Cl2N3O. The van der Waals surface area contributed by atoms with Crippen LogP contribution < -0.4 is 10.6 Å². The maximum absolute atomic E-state index is 11.4. The van der Waals surface area contributed by atoms with Gasteiger partial charge >= 0.3 is 6.03 Å². The van der Waals surface area contributed by atoms with Crippen LogP contribution in [0, 0.1) is 11.3 Å². The van der Waals surface area contributed by atoms with Crippen LogP contribution in [0.15, 0.2) is 18.2 Å². The molecular weight excluding hydrogens is 261 g/mol. The molecule has 1 aromatic carbocycles. The first-order chi connectivity index (χ1) is 8.13. The molecule has 0 spiro atoms. The van der Waals surface area contributed by atoms with Gasteiger partial charge in [0.05, 0.1) is 16.1 Å². The van der Waals surface area contributed by atoms with Gasteiger partial charge < -0.3 is 10.6 Å². The highest BCUT2D eigenvalue weighted by molar-refractivity contribution is 6.42. The van der Waals surface area contributed by atoms with Gasteiger partial charge in [0.25, 0.3) is 0 Å². The number of halogens is 2. The molecule has 0 fully saturated rings. The van der Waals surface area contributed by atoms with E-state index in [1.54, 1.807) is 18.2 Å². The van der Waals surface area contributed by atoms with Crippen LogP contribution in [0.4, 0.5) is 10.5 Å². The summed E-state index contributed by atoms with van der Waals surface area (Å²) in [4.78, 5) is 11.4. The van der Waals surface area contributed by atoms with Crippen molar-refractivity contribution in [3.05, 3.63) is 28.2 Å².